The molecule has 2 atom stereocenters. The molecule has 3 heterocycles. The number of guanidine groups is 1. The molecule has 0 bridgehead atoms. The summed E-state index contributed by atoms with van der Waals surface area (Å²) >= 11 is 0. The van der Waals surface area contributed by atoms with Gasteiger partial charge >= 0.3 is 0 Å². The van der Waals surface area contributed by atoms with Gasteiger partial charge in [-0.15, -0.1) is 34.2 Å². The first-order chi connectivity index (χ1) is 14.3. The van der Waals surface area contributed by atoms with Crippen LogP contribution in [-0.4, -0.2) is 40.3 Å². The lowest BCUT2D eigenvalue weighted by Crippen LogP contribution is -2.42. The van der Waals surface area contributed by atoms with E-state index < -0.39 is 0 Å². The van der Waals surface area contributed by atoms with Crippen LogP contribution in [0.25, 0.3) is 5.65 Å². The van der Waals surface area contributed by atoms with Crippen molar-refractivity contribution in [2.45, 2.75) is 32.4 Å². The van der Waals surface area contributed by atoms with Gasteiger partial charge in [0, 0.05) is 31.8 Å². The van der Waals surface area contributed by atoms with E-state index in [1.165, 1.54) is 5.56 Å². The van der Waals surface area contributed by atoms with Crippen LogP contribution in [0.3, 0.4) is 0 Å². The summed E-state index contributed by atoms with van der Waals surface area (Å²) in [4.78, 5) is 4.72. The molecule has 1 aliphatic heterocycles. The van der Waals surface area contributed by atoms with Crippen LogP contribution in [0, 0.1) is 5.92 Å². The Balaban J connectivity index is 0.00000256. The Morgan fingerprint density at radius 3 is 2.80 bits per heavy atom. The molecule has 2 unspecified atom stereocenters. The number of hydrogen-bond donors (Lipinski definition) is 2. The molecule has 1 fully saturated rings. The monoisotopic (exact) mass is 520 g/mol. The largest absolute Gasteiger partial charge is 0.373 e. The number of aliphatic imine (C=N–C) groups is 1. The highest BCUT2D eigenvalue weighted by Crippen LogP contribution is 2.33. The van der Waals surface area contributed by atoms with Crippen LogP contribution in [0.4, 0.5) is 0 Å². The second kappa shape index (κ2) is 11.3. The first-order valence-electron chi connectivity index (χ1n) is 10.3. The van der Waals surface area contributed by atoms with E-state index >= 15 is 0 Å². The highest BCUT2D eigenvalue weighted by atomic mass is 127. The van der Waals surface area contributed by atoms with Crippen LogP contribution in [0.2, 0.25) is 0 Å². The normalized spacial score (nSPS) is 19.3. The molecule has 0 radical (unpaired) electrons. The minimum atomic E-state index is 0. The minimum Gasteiger partial charge on any atom is -0.373 e. The number of hydrogen-bond acceptors (Lipinski definition) is 4. The number of benzene rings is 1. The van der Waals surface area contributed by atoms with Crippen LogP contribution in [0.1, 0.15) is 37.3 Å². The van der Waals surface area contributed by atoms with Crippen molar-refractivity contribution < 1.29 is 4.74 Å². The van der Waals surface area contributed by atoms with Crippen LogP contribution in [0.15, 0.2) is 59.7 Å². The summed E-state index contributed by atoms with van der Waals surface area (Å²) in [6.07, 6.45) is 4.32. The maximum Gasteiger partial charge on any atom is 0.191 e. The Morgan fingerprint density at radius 2 is 1.97 bits per heavy atom. The maximum absolute atomic E-state index is 6.11. The number of nitrogens with zero attached hydrogens (tertiary/aromatic N) is 4. The zero-order valence-corrected chi connectivity index (χ0v) is 19.5. The van der Waals surface area contributed by atoms with Crippen molar-refractivity contribution >= 4 is 35.6 Å². The van der Waals surface area contributed by atoms with Gasteiger partial charge in [0.25, 0.3) is 0 Å². The zero-order chi connectivity index (χ0) is 19.9. The van der Waals surface area contributed by atoms with Crippen molar-refractivity contribution in [1.82, 2.24) is 25.2 Å². The van der Waals surface area contributed by atoms with Crippen LogP contribution in [0.5, 0.6) is 0 Å². The van der Waals surface area contributed by atoms with Crippen LogP contribution < -0.4 is 10.6 Å². The molecule has 1 aromatic carbocycles. The summed E-state index contributed by atoms with van der Waals surface area (Å²) < 4.78 is 8.08. The predicted molar refractivity (Wildman–Crippen MR) is 129 cm³/mol. The molecular weight excluding hydrogens is 491 g/mol. The lowest BCUT2D eigenvalue weighted by molar-refractivity contribution is -0.0265. The molecule has 2 aromatic heterocycles. The molecular formula is C22H29IN6O. The number of pyridine rings is 1. The third-order valence-corrected chi connectivity index (χ3v) is 5.21. The predicted octanol–water partition coefficient (Wildman–Crippen LogP) is 3.57. The SMILES string of the molecule is CCNC(=NCc1nnc2ccccn12)NCC1CCCOC1c1ccccc1.I. The Labute approximate surface area is 194 Å². The van der Waals surface area contributed by atoms with Crippen molar-refractivity contribution in [3.8, 4) is 0 Å². The molecule has 160 valence electrons. The average molecular weight is 520 g/mol. The summed E-state index contributed by atoms with van der Waals surface area (Å²) in [5.41, 5.74) is 2.08. The standard InChI is InChI=1S/C22H28N6O.HI/c1-2-23-22(25-16-20-27-26-19-12-6-7-13-28(19)20)24-15-18-11-8-14-29-21(18)17-9-4-3-5-10-17;/h3-7,9-10,12-13,18,21H,2,8,11,14-16H2,1H3,(H2,23,24,25);1H. The number of ether oxygens (including phenoxy) is 1. The van der Waals surface area contributed by atoms with Crippen molar-refractivity contribution in [1.29, 1.82) is 0 Å². The Morgan fingerprint density at radius 1 is 1.13 bits per heavy atom. The maximum atomic E-state index is 6.11. The van der Waals surface area contributed by atoms with Gasteiger partial charge in [-0.25, -0.2) is 4.99 Å². The fourth-order valence-corrected chi connectivity index (χ4v) is 3.78. The quantitative estimate of drug-likeness (QED) is 0.296. The number of nitrogens with one attached hydrogen (secondary N) is 2. The highest BCUT2D eigenvalue weighted by molar-refractivity contribution is 14.0. The fraction of sp³-hybridized carbons (Fsp3) is 0.409. The zero-order valence-electron chi connectivity index (χ0n) is 17.2. The summed E-state index contributed by atoms with van der Waals surface area (Å²) in [5.74, 6) is 2.02. The van der Waals surface area contributed by atoms with Gasteiger partial charge in [-0.05, 0) is 37.5 Å². The van der Waals surface area contributed by atoms with E-state index in [9.17, 15) is 0 Å². The number of rotatable bonds is 6. The van der Waals surface area contributed by atoms with E-state index in [2.05, 4.69) is 52.0 Å². The third kappa shape index (κ3) is 5.48. The molecule has 3 aromatic rings. The van der Waals surface area contributed by atoms with Gasteiger partial charge in [0.15, 0.2) is 17.4 Å². The Hall–Kier alpha value is -2.20. The molecule has 0 amide bonds. The molecule has 1 saturated heterocycles. The van der Waals surface area contributed by atoms with Gasteiger partial charge in [0.1, 0.15) is 6.54 Å². The van der Waals surface area contributed by atoms with Gasteiger partial charge in [0.2, 0.25) is 0 Å². The van der Waals surface area contributed by atoms with Gasteiger partial charge in [-0.2, -0.15) is 0 Å². The number of aromatic nitrogens is 3. The summed E-state index contributed by atoms with van der Waals surface area (Å²) in [6.45, 7) is 4.97. The summed E-state index contributed by atoms with van der Waals surface area (Å²) in [7, 11) is 0. The van der Waals surface area contributed by atoms with E-state index in [0.717, 1.165) is 50.0 Å². The van der Waals surface area contributed by atoms with Crippen molar-refractivity contribution in [3.63, 3.8) is 0 Å². The smallest absolute Gasteiger partial charge is 0.191 e. The highest BCUT2D eigenvalue weighted by Gasteiger charge is 2.27. The van der Waals surface area contributed by atoms with Gasteiger partial charge in [0.05, 0.1) is 6.10 Å². The summed E-state index contributed by atoms with van der Waals surface area (Å²) in [5, 5.41) is 15.3. The number of fused-ring (bicyclic) bond motifs is 1. The summed E-state index contributed by atoms with van der Waals surface area (Å²) in [6, 6.07) is 16.4. The lowest BCUT2D eigenvalue weighted by atomic mass is 9.89. The molecule has 0 saturated carbocycles. The second-order valence-corrected chi connectivity index (χ2v) is 7.23. The Bertz CT molecular complexity index is 945. The second-order valence-electron chi connectivity index (χ2n) is 7.23. The molecule has 2 N–H and O–H groups in total. The third-order valence-electron chi connectivity index (χ3n) is 5.21. The number of halogens is 1. The van der Waals surface area contributed by atoms with Gasteiger partial charge < -0.3 is 15.4 Å². The van der Waals surface area contributed by atoms with Crippen molar-refractivity contribution in [2.24, 2.45) is 10.9 Å². The molecule has 0 aliphatic carbocycles. The van der Waals surface area contributed by atoms with E-state index in [4.69, 9.17) is 9.73 Å². The molecule has 8 heteroatoms. The first kappa shape index (κ1) is 22.5. The van der Waals surface area contributed by atoms with Gasteiger partial charge in [-0.3, -0.25) is 4.40 Å². The van der Waals surface area contributed by atoms with Crippen molar-refractivity contribution in [2.75, 3.05) is 19.7 Å². The van der Waals surface area contributed by atoms with Gasteiger partial charge in [-0.1, -0.05) is 36.4 Å². The average Bonchev–Trinajstić information content (AvgIpc) is 3.20. The Kier molecular flexibility index (Phi) is 8.44. The van der Waals surface area contributed by atoms with Crippen molar-refractivity contribution in [3.05, 3.63) is 66.1 Å². The minimum absolute atomic E-state index is 0. The van der Waals surface area contributed by atoms with E-state index in [1.54, 1.807) is 0 Å². The molecule has 7 nitrogen and oxygen atoms in total. The van der Waals surface area contributed by atoms with Crippen LogP contribution >= 0.6 is 24.0 Å². The van der Waals surface area contributed by atoms with E-state index in [0.29, 0.717) is 12.5 Å². The first-order valence-corrected chi connectivity index (χ1v) is 10.3. The topological polar surface area (TPSA) is 75.8 Å². The van der Waals surface area contributed by atoms with E-state index in [1.807, 2.05) is 34.9 Å². The lowest BCUT2D eigenvalue weighted by Gasteiger charge is -2.32. The van der Waals surface area contributed by atoms with Crippen LogP contribution in [-0.2, 0) is 11.3 Å². The molecule has 30 heavy (non-hydrogen) atoms. The molecule has 4 rings (SSSR count). The molecule has 1 aliphatic rings. The van der Waals surface area contributed by atoms with E-state index in [-0.39, 0.29) is 30.1 Å². The molecule has 0 spiro atoms. The fourth-order valence-electron chi connectivity index (χ4n) is 3.78.